The summed E-state index contributed by atoms with van der Waals surface area (Å²) in [6, 6.07) is 7.98. The zero-order valence-electron chi connectivity index (χ0n) is 15.5. The number of nitrogens with zero attached hydrogens (tertiary/aromatic N) is 2. The second-order valence-electron chi connectivity index (χ2n) is 7.01. The van der Waals surface area contributed by atoms with Crippen molar-refractivity contribution in [2.45, 2.75) is 38.8 Å². The van der Waals surface area contributed by atoms with Gasteiger partial charge in [-0.1, -0.05) is 18.2 Å². The number of rotatable bonds is 7. The molecule has 0 aliphatic rings. The number of hydrogen-bond donors (Lipinski definition) is 1. The van der Waals surface area contributed by atoms with Crippen LogP contribution in [0.3, 0.4) is 0 Å². The molecule has 0 bridgehead atoms. The molecule has 2 aromatic rings. The smallest absolute Gasteiger partial charge is 0.313 e. The monoisotopic (exact) mass is 393 g/mol. The zero-order chi connectivity index (χ0) is 20.1. The van der Waals surface area contributed by atoms with Gasteiger partial charge in [-0.2, -0.15) is 5.10 Å². The number of benzene rings is 1. The molecule has 0 radical (unpaired) electrons. The number of ether oxygens (including phenoxy) is 1. The summed E-state index contributed by atoms with van der Waals surface area (Å²) < 4.78 is 30.8. The van der Waals surface area contributed by atoms with Crippen LogP contribution in [0.15, 0.2) is 47.6 Å². The maximum atomic E-state index is 12.2. The largest absolute Gasteiger partial charge is 0.442 e. The Kier molecular flexibility index (Phi) is 6.37. The Morgan fingerprint density at radius 3 is 2.48 bits per heavy atom. The van der Waals surface area contributed by atoms with Gasteiger partial charge in [0, 0.05) is 6.42 Å². The number of hydrogen-bond acceptors (Lipinski definition) is 6. The fraction of sp³-hybridized carbons (Fsp3) is 0.389. The van der Waals surface area contributed by atoms with E-state index in [2.05, 4.69) is 10.4 Å². The highest BCUT2D eigenvalue weighted by atomic mass is 32.2. The third kappa shape index (κ3) is 6.21. The van der Waals surface area contributed by atoms with Crippen LogP contribution in [0.4, 0.5) is 5.69 Å². The molecular formula is C18H23N3O5S. The average Bonchev–Trinajstić information content (AvgIpc) is 3.05. The van der Waals surface area contributed by atoms with Gasteiger partial charge in [-0.3, -0.25) is 9.59 Å². The van der Waals surface area contributed by atoms with Crippen molar-refractivity contribution in [3.8, 4) is 0 Å². The van der Waals surface area contributed by atoms with Crippen LogP contribution in [0.1, 0.15) is 27.2 Å². The van der Waals surface area contributed by atoms with E-state index >= 15 is 0 Å². The minimum atomic E-state index is -3.51. The van der Waals surface area contributed by atoms with E-state index in [1.165, 1.54) is 29.2 Å². The van der Waals surface area contributed by atoms with Gasteiger partial charge in [0.25, 0.3) is 0 Å². The number of aromatic nitrogens is 2. The molecule has 0 spiro atoms. The molecule has 0 fully saturated rings. The second kappa shape index (κ2) is 8.34. The van der Waals surface area contributed by atoms with Crippen molar-refractivity contribution < 1.29 is 22.7 Å². The molecule has 1 aromatic heterocycles. The van der Waals surface area contributed by atoms with Crippen molar-refractivity contribution in [1.82, 2.24) is 9.78 Å². The van der Waals surface area contributed by atoms with Crippen LogP contribution in [-0.4, -0.2) is 35.8 Å². The molecule has 146 valence electrons. The third-order valence-electron chi connectivity index (χ3n) is 3.56. The molecule has 0 aliphatic carbocycles. The molecule has 0 aliphatic heterocycles. The number of anilines is 1. The molecule has 2 rings (SSSR count). The lowest BCUT2D eigenvalue weighted by molar-refractivity contribution is -0.157. The normalized spacial score (nSPS) is 11.8. The number of esters is 1. The standard InChI is InChI=1S/C18H23N3O5S/c1-18(2,3)17(23)26-13-21-12-14(11-19-21)20-16(22)9-10-27(24,25)15-7-5-4-6-8-15/h4-8,11-12H,9-10,13H2,1-3H3,(H,20,22). The number of carbonyl (C=O) groups excluding carboxylic acids is 2. The molecule has 0 saturated heterocycles. The lowest BCUT2D eigenvalue weighted by atomic mass is 9.98. The van der Waals surface area contributed by atoms with Crippen molar-refractivity contribution in [3.05, 3.63) is 42.7 Å². The highest BCUT2D eigenvalue weighted by Crippen LogP contribution is 2.16. The molecule has 0 atom stereocenters. The van der Waals surface area contributed by atoms with E-state index in [1.54, 1.807) is 39.0 Å². The van der Waals surface area contributed by atoms with Crippen molar-refractivity contribution in [1.29, 1.82) is 0 Å². The van der Waals surface area contributed by atoms with Gasteiger partial charge in [0.15, 0.2) is 16.6 Å². The first-order chi connectivity index (χ1) is 12.6. The second-order valence-corrected chi connectivity index (χ2v) is 9.12. The zero-order valence-corrected chi connectivity index (χ0v) is 16.3. The number of amides is 1. The fourth-order valence-corrected chi connectivity index (χ4v) is 3.30. The fourth-order valence-electron chi connectivity index (χ4n) is 2.04. The van der Waals surface area contributed by atoms with Gasteiger partial charge in [0.2, 0.25) is 5.91 Å². The van der Waals surface area contributed by atoms with Crippen molar-refractivity contribution in [2.75, 3.05) is 11.1 Å². The molecule has 27 heavy (non-hydrogen) atoms. The quantitative estimate of drug-likeness (QED) is 0.723. The van der Waals surface area contributed by atoms with Gasteiger partial charge in [-0.05, 0) is 32.9 Å². The van der Waals surface area contributed by atoms with Gasteiger partial charge in [0.1, 0.15) is 0 Å². The summed E-state index contributed by atoms with van der Waals surface area (Å²) >= 11 is 0. The van der Waals surface area contributed by atoms with Gasteiger partial charge < -0.3 is 10.1 Å². The molecule has 1 aromatic carbocycles. The van der Waals surface area contributed by atoms with Gasteiger partial charge in [-0.15, -0.1) is 0 Å². The Balaban J connectivity index is 1.85. The number of sulfone groups is 1. The summed E-state index contributed by atoms with van der Waals surface area (Å²) in [4.78, 5) is 23.9. The summed E-state index contributed by atoms with van der Waals surface area (Å²) in [5, 5.41) is 6.56. The minimum Gasteiger partial charge on any atom is -0.442 e. The van der Waals surface area contributed by atoms with Crippen LogP contribution in [0.2, 0.25) is 0 Å². The van der Waals surface area contributed by atoms with E-state index in [1.807, 2.05) is 0 Å². The van der Waals surface area contributed by atoms with Crippen LogP contribution in [0, 0.1) is 5.41 Å². The Labute approximate surface area is 158 Å². The number of nitrogens with one attached hydrogen (secondary N) is 1. The Morgan fingerprint density at radius 1 is 1.19 bits per heavy atom. The van der Waals surface area contributed by atoms with E-state index < -0.39 is 21.2 Å². The molecular weight excluding hydrogens is 370 g/mol. The molecule has 1 N–H and O–H groups in total. The summed E-state index contributed by atoms with van der Waals surface area (Å²) in [7, 11) is -3.51. The van der Waals surface area contributed by atoms with E-state index in [-0.39, 0.29) is 29.8 Å². The van der Waals surface area contributed by atoms with Crippen LogP contribution < -0.4 is 5.32 Å². The predicted octanol–water partition coefficient (Wildman–Crippen LogP) is 2.23. The highest BCUT2D eigenvalue weighted by Gasteiger charge is 2.23. The summed E-state index contributed by atoms with van der Waals surface area (Å²) in [6.45, 7) is 5.16. The van der Waals surface area contributed by atoms with E-state index in [4.69, 9.17) is 4.74 Å². The van der Waals surface area contributed by atoms with Gasteiger partial charge in [-0.25, -0.2) is 13.1 Å². The molecule has 9 heteroatoms. The molecule has 0 saturated carbocycles. The van der Waals surface area contributed by atoms with Crippen LogP contribution in [0.25, 0.3) is 0 Å². The van der Waals surface area contributed by atoms with Crippen molar-refractivity contribution in [3.63, 3.8) is 0 Å². The van der Waals surface area contributed by atoms with Gasteiger partial charge in [0.05, 0.1) is 34.1 Å². The lowest BCUT2D eigenvalue weighted by Crippen LogP contribution is -2.24. The van der Waals surface area contributed by atoms with Gasteiger partial charge >= 0.3 is 5.97 Å². The third-order valence-corrected chi connectivity index (χ3v) is 5.29. The van der Waals surface area contributed by atoms with Crippen LogP contribution in [0.5, 0.6) is 0 Å². The Bertz CT molecular complexity index is 899. The van der Waals surface area contributed by atoms with E-state index in [9.17, 15) is 18.0 Å². The maximum Gasteiger partial charge on any atom is 0.313 e. The van der Waals surface area contributed by atoms with Crippen molar-refractivity contribution in [2.24, 2.45) is 5.41 Å². The molecule has 1 heterocycles. The highest BCUT2D eigenvalue weighted by molar-refractivity contribution is 7.91. The topological polar surface area (TPSA) is 107 Å². The number of carbonyl (C=O) groups is 2. The Hall–Kier alpha value is -2.68. The summed E-state index contributed by atoms with van der Waals surface area (Å²) in [5.74, 6) is -1.10. The van der Waals surface area contributed by atoms with E-state index in [0.29, 0.717) is 5.69 Å². The predicted molar refractivity (Wildman–Crippen MR) is 99.5 cm³/mol. The summed E-state index contributed by atoms with van der Waals surface area (Å²) in [5.41, 5.74) is -0.224. The lowest BCUT2D eigenvalue weighted by Gasteiger charge is -2.16. The Morgan fingerprint density at radius 2 is 1.85 bits per heavy atom. The SMILES string of the molecule is CC(C)(C)C(=O)OCn1cc(NC(=O)CCS(=O)(=O)c2ccccc2)cn1. The first kappa shape index (κ1) is 20.6. The first-order valence-corrected chi connectivity index (χ1v) is 10.0. The molecule has 1 amide bonds. The average molecular weight is 393 g/mol. The maximum absolute atomic E-state index is 12.2. The first-order valence-electron chi connectivity index (χ1n) is 8.35. The van der Waals surface area contributed by atoms with E-state index in [0.717, 1.165) is 0 Å². The molecule has 8 nitrogen and oxygen atoms in total. The van der Waals surface area contributed by atoms with Crippen LogP contribution in [-0.2, 0) is 30.9 Å². The van der Waals surface area contributed by atoms with Crippen molar-refractivity contribution >= 4 is 27.4 Å². The summed E-state index contributed by atoms with van der Waals surface area (Å²) in [6.07, 6.45) is 2.72. The molecule has 0 unspecified atom stereocenters. The van der Waals surface area contributed by atoms with Crippen LogP contribution >= 0.6 is 0 Å². The minimum absolute atomic E-state index is 0.0750.